The largest absolute Gasteiger partial charge is 0.497 e. The summed E-state index contributed by atoms with van der Waals surface area (Å²) >= 11 is 0. The first-order valence-electron chi connectivity index (χ1n) is 9.38. The first-order chi connectivity index (χ1) is 13.1. The van der Waals surface area contributed by atoms with Crippen molar-refractivity contribution in [2.75, 3.05) is 32.1 Å². The van der Waals surface area contributed by atoms with E-state index >= 15 is 0 Å². The van der Waals surface area contributed by atoms with Crippen molar-refractivity contribution in [2.24, 2.45) is 0 Å². The highest BCUT2D eigenvalue weighted by molar-refractivity contribution is 5.90. The summed E-state index contributed by atoms with van der Waals surface area (Å²) < 4.78 is 6.85. The minimum absolute atomic E-state index is 0.0909. The molecule has 0 bridgehead atoms. The number of amides is 2. The van der Waals surface area contributed by atoms with Crippen LogP contribution in [0.15, 0.2) is 24.5 Å². The summed E-state index contributed by atoms with van der Waals surface area (Å²) in [7, 11) is 1.59. The maximum atomic E-state index is 12.6. The highest BCUT2D eigenvalue weighted by Crippen LogP contribution is 2.26. The van der Waals surface area contributed by atoms with Gasteiger partial charge in [-0.25, -0.2) is 9.48 Å². The van der Waals surface area contributed by atoms with Crippen LogP contribution in [0, 0.1) is 0 Å². The van der Waals surface area contributed by atoms with Gasteiger partial charge in [0, 0.05) is 43.0 Å². The van der Waals surface area contributed by atoms with Crippen LogP contribution in [0.4, 0.5) is 10.5 Å². The van der Waals surface area contributed by atoms with Crippen LogP contribution in [0.25, 0.3) is 5.69 Å². The van der Waals surface area contributed by atoms with Crippen LogP contribution in [0.2, 0.25) is 0 Å². The number of tetrazole rings is 1. The lowest BCUT2D eigenvalue weighted by atomic mass is 9.98. The average Bonchev–Trinajstić information content (AvgIpc) is 3.16. The van der Waals surface area contributed by atoms with Crippen molar-refractivity contribution in [2.45, 2.75) is 38.3 Å². The molecule has 1 aromatic heterocycles. The van der Waals surface area contributed by atoms with Gasteiger partial charge in [0.05, 0.1) is 12.8 Å². The highest BCUT2D eigenvalue weighted by atomic mass is 16.5. The van der Waals surface area contributed by atoms with Crippen molar-refractivity contribution in [3.05, 3.63) is 24.5 Å². The second kappa shape index (κ2) is 7.51. The van der Waals surface area contributed by atoms with Crippen molar-refractivity contribution in [1.29, 1.82) is 0 Å². The predicted molar refractivity (Wildman–Crippen MR) is 100 cm³/mol. The molecule has 1 N–H and O–H groups in total. The number of urea groups is 1. The third kappa shape index (κ3) is 3.73. The number of hydrogen-bond donors (Lipinski definition) is 1. The maximum absolute atomic E-state index is 12.6. The molecule has 3 heterocycles. The summed E-state index contributed by atoms with van der Waals surface area (Å²) in [5.74, 6) is 0.627. The van der Waals surface area contributed by atoms with Crippen LogP contribution in [0.5, 0.6) is 5.75 Å². The van der Waals surface area contributed by atoms with Crippen molar-refractivity contribution >= 4 is 11.7 Å². The first kappa shape index (κ1) is 17.7. The minimum Gasteiger partial charge on any atom is -0.497 e. The third-order valence-corrected chi connectivity index (χ3v) is 5.46. The van der Waals surface area contributed by atoms with Crippen LogP contribution in [-0.4, -0.2) is 74.9 Å². The zero-order valence-electron chi connectivity index (χ0n) is 15.7. The van der Waals surface area contributed by atoms with Crippen LogP contribution in [-0.2, 0) is 0 Å². The van der Waals surface area contributed by atoms with Crippen molar-refractivity contribution in [3.8, 4) is 11.4 Å². The molecule has 4 rings (SSSR count). The van der Waals surface area contributed by atoms with Gasteiger partial charge in [0.2, 0.25) is 0 Å². The number of carbonyl (C=O) groups excluding carboxylic acids is 1. The molecule has 9 heteroatoms. The monoisotopic (exact) mass is 371 g/mol. The number of ether oxygens (including phenoxy) is 1. The van der Waals surface area contributed by atoms with Gasteiger partial charge in [-0.2, -0.15) is 0 Å². The molecule has 1 atom stereocenters. The summed E-state index contributed by atoms with van der Waals surface area (Å²) in [5.41, 5.74) is 1.37. The molecule has 1 aromatic carbocycles. The molecular formula is C18H25N7O2. The summed E-state index contributed by atoms with van der Waals surface area (Å²) in [5, 5.41) is 14.1. The van der Waals surface area contributed by atoms with E-state index in [4.69, 9.17) is 4.74 Å². The molecule has 0 spiro atoms. The van der Waals surface area contributed by atoms with Gasteiger partial charge < -0.3 is 15.0 Å². The molecule has 1 unspecified atom stereocenters. The molecule has 2 amide bonds. The van der Waals surface area contributed by atoms with E-state index in [-0.39, 0.29) is 6.03 Å². The van der Waals surface area contributed by atoms with Gasteiger partial charge in [0.1, 0.15) is 12.1 Å². The van der Waals surface area contributed by atoms with E-state index in [0.29, 0.717) is 23.5 Å². The van der Waals surface area contributed by atoms with E-state index in [9.17, 15) is 4.79 Å². The molecule has 0 saturated carbocycles. The Labute approximate surface area is 158 Å². The van der Waals surface area contributed by atoms with E-state index in [1.54, 1.807) is 13.2 Å². The smallest absolute Gasteiger partial charge is 0.321 e. The lowest BCUT2D eigenvalue weighted by Gasteiger charge is -2.49. The molecule has 0 radical (unpaired) electrons. The van der Waals surface area contributed by atoms with Gasteiger partial charge in [-0.1, -0.05) is 6.42 Å². The number of nitrogens with zero attached hydrogens (tertiary/aromatic N) is 6. The number of methoxy groups -OCH3 is 1. The quantitative estimate of drug-likeness (QED) is 0.881. The van der Waals surface area contributed by atoms with Crippen molar-refractivity contribution in [3.63, 3.8) is 0 Å². The van der Waals surface area contributed by atoms with Gasteiger partial charge in [-0.05, 0) is 42.8 Å². The topological polar surface area (TPSA) is 88.4 Å². The number of anilines is 1. The van der Waals surface area contributed by atoms with Crippen LogP contribution in [0.1, 0.15) is 26.2 Å². The lowest BCUT2D eigenvalue weighted by molar-refractivity contribution is 0.0199. The Bertz CT molecular complexity index is 789. The number of likely N-dealkylation sites (tertiary alicyclic amines) is 2. The number of carbonyl (C=O) groups is 1. The van der Waals surface area contributed by atoms with Crippen LogP contribution in [0.3, 0.4) is 0 Å². The number of rotatable bonds is 4. The summed E-state index contributed by atoms with van der Waals surface area (Å²) in [6, 6.07) is 6.42. The molecule has 2 aromatic rings. The Morgan fingerprint density at radius 2 is 2.11 bits per heavy atom. The summed E-state index contributed by atoms with van der Waals surface area (Å²) in [6.07, 6.45) is 5.33. The third-order valence-electron chi connectivity index (χ3n) is 5.46. The fraction of sp³-hybridized carbons (Fsp3) is 0.556. The van der Waals surface area contributed by atoms with Crippen LogP contribution < -0.4 is 10.1 Å². The molecule has 0 aliphatic carbocycles. The maximum Gasteiger partial charge on any atom is 0.321 e. The second-order valence-corrected chi connectivity index (χ2v) is 7.25. The van der Waals surface area contributed by atoms with E-state index in [1.807, 2.05) is 17.0 Å². The van der Waals surface area contributed by atoms with E-state index in [0.717, 1.165) is 25.3 Å². The van der Waals surface area contributed by atoms with E-state index in [1.165, 1.54) is 30.3 Å². The van der Waals surface area contributed by atoms with Gasteiger partial charge in [0.15, 0.2) is 0 Å². The number of aromatic nitrogens is 4. The number of nitrogens with one attached hydrogen (secondary N) is 1. The zero-order chi connectivity index (χ0) is 18.8. The van der Waals surface area contributed by atoms with E-state index < -0.39 is 0 Å². The van der Waals surface area contributed by atoms with Crippen LogP contribution >= 0.6 is 0 Å². The molecule has 144 valence electrons. The summed E-state index contributed by atoms with van der Waals surface area (Å²) in [6.45, 7) is 4.99. The van der Waals surface area contributed by atoms with Gasteiger partial charge >= 0.3 is 6.03 Å². The molecule has 9 nitrogen and oxygen atoms in total. The first-order valence-corrected chi connectivity index (χ1v) is 9.38. The Hall–Kier alpha value is -2.68. The molecule has 2 saturated heterocycles. The second-order valence-electron chi connectivity index (χ2n) is 7.25. The molecular weight excluding hydrogens is 346 g/mol. The Balaban J connectivity index is 1.39. The lowest BCUT2D eigenvalue weighted by Crippen LogP contribution is -2.64. The van der Waals surface area contributed by atoms with Gasteiger partial charge in [-0.15, -0.1) is 5.10 Å². The standard InChI is InChI=1S/C18H25N7O2/c1-13-5-3-4-6-24(13)16-10-23(11-16)18(26)20-14-7-15(9-17(8-14)27-2)25-12-19-21-22-25/h7-9,12-13,16H,3-6,10-11H2,1-2H3,(H,20,26). The molecule has 2 aliphatic rings. The van der Waals surface area contributed by atoms with E-state index in [2.05, 4.69) is 32.7 Å². The van der Waals surface area contributed by atoms with Gasteiger partial charge in [-0.3, -0.25) is 4.90 Å². The van der Waals surface area contributed by atoms with Crippen molar-refractivity contribution < 1.29 is 9.53 Å². The van der Waals surface area contributed by atoms with Gasteiger partial charge in [0.25, 0.3) is 0 Å². The number of benzene rings is 1. The fourth-order valence-corrected chi connectivity index (χ4v) is 3.88. The Morgan fingerprint density at radius 1 is 1.26 bits per heavy atom. The fourth-order valence-electron chi connectivity index (χ4n) is 3.88. The molecule has 2 aliphatic heterocycles. The molecule has 2 fully saturated rings. The SMILES string of the molecule is COc1cc(NC(=O)N2CC(N3CCCCC3C)C2)cc(-n2cnnn2)c1. The van der Waals surface area contributed by atoms with Crippen molar-refractivity contribution in [1.82, 2.24) is 30.0 Å². The Morgan fingerprint density at radius 3 is 2.81 bits per heavy atom. The number of hydrogen-bond acceptors (Lipinski definition) is 6. The number of piperidine rings is 1. The minimum atomic E-state index is -0.0909. The highest BCUT2D eigenvalue weighted by Gasteiger charge is 2.37. The predicted octanol–water partition coefficient (Wildman–Crippen LogP) is 1.76. The Kier molecular flexibility index (Phi) is 4.93. The summed E-state index contributed by atoms with van der Waals surface area (Å²) in [4.78, 5) is 17.0. The normalized spacial score (nSPS) is 21.0. The average molecular weight is 371 g/mol. The zero-order valence-corrected chi connectivity index (χ0v) is 15.7. The molecule has 27 heavy (non-hydrogen) atoms.